The molecule has 0 aromatic heterocycles. The lowest BCUT2D eigenvalue weighted by Gasteiger charge is -2.36. The van der Waals surface area contributed by atoms with E-state index in [0.717, 1.165) is 62.4 Å². The Kier molecular flexibility index (Phi) is 11.3. The molecule has 1 fully saturated rings. The van der Waals surface area contributed by atoms with Crippen LogP contribution < -0.4 is 9.62 Å². The van der Waals surface area contributed by atoms with Gasteiger partial charge in [0.1, 0.15) is 6.61 Å². The third kappa shape index (κ3) is 8.36. The smallest absolute Gasteiger partial charge is 0.252 e. The Hall–Kier alpha value is -2.83. The maximum atomic E-state index is 13.7. The lowest BCUT2D eigenvalue weighted by atomic mass is 10.1. The molecule has 1 saturated heterocycles. The van der Waals surface area contributed by atoms with Gasteiger partial charge < -0.3 is 19.3 Å². The summed E-state index contributed by atoms with van der Waals surface area (Å²) in [5.74, 6) is -0.0777. The fourth-order valence-corrected chi connectivity index (χ4v) is 6.29. The van der Waals surface area contributed by atoms with Crippen molar-refractivity contribution in [3.63, 3.8) is 0 Å². The Morgan fingerprint density at radius 1 is 0.976 bits per heavy atom. The normalized spacial score (nSPS) is 18.0. The number of methoxy groups -OCH3 is 1. The Balaban J connectivity index is 1.55. The van der Waals surface area contributed by atoms with Crippen molar-refractivity contribution >= 4 is 27.5 Å². The van der Waals surface area contributed by atoms with Crippen molar-refractivity contribution in [3.05, 3.63) is 59.7 Å². The number of anilines is 1. The Bertz CT molecular complexity index is 1260. The molecule has 0 radical (unpaired) electrons. The third-order valence-corrected chi connectivity index (χ3v) is 9.32. The lowest BCUT2D eigenvalue weighted by molar-refractivity contribution is -0.132. The Labute approximate surface area is 243 Å². The number of sulfonamides is 1. The fourth-order valence-electron chi connectivity index (χ4n) is 5.56. The molecular weight excluding hydrogens is 544 g/mol. The number of amides is 2. The molecule has 2 heterocycles. The lowest BCUT2D eigenvalue weighted by Crippen LogP contribution is -2.45. The van der Waals surface area contributed by atoms with Crippen molar-refractivity contribution in [1.29, 1.82) is 0 Å². The minimum Gasteiger partial charge on any atom is -0.381 e. The molecule has 41 heavy (non-hydrogen) atoms. The summed E-state index contributed by atoms with van der Waals surface area (Å²) >= 11 is 0. The molecule has 0 bridgehead atoms. The van der Waals surface area contributed by atoms with Gasteiger partial charge in [0.05, 0.1) is 4.90 Å². The van der Waals surface area contributed by atoms with Gasteiger partial charge in [0.2, 0.25) is 15.9 Å². The number of rotatable bonds is 8. The Morgan fingerprint density at radius 2 is 1.71 bits per heavy atom. The Morgan fingerprint density at radius 3 is 2.41 bits per heavy atom. The summed E-state index contributed by atoms with van der Waals surface area (Å²) in [5, 5.41) is 0. The molecule has 2 amide bonds. The van der Waals surface area contributed by atoms with Crippen molar-refractivity contribution in [2.75, 3.05) is 65.1 Å². The highest BCUT2D eigenvalue weighted by Gasteiger charge is 2.27. The van der Waals surface area contributed by atoms with Gasteiger partial charge in [-0.3, -0.25) is 14.5 Å². The standard InChI is InChI=1S/C30H42N4O6S/c1-31-41(37,38)27-11-8-24(9-12-27)10-13-29(35)33-19-18-32(26-14-20-40-21-15-26)16-5-17-34(30(36)23-39-2)28-7-4-3-6-25(28)22-33/h3-4,6-9,11-12,26,31H,5,10,13-23H2,1-2H3. The van der Waals surface area contributed by atoms with Gasteiger partial charge in [-0.15, -0.1) is 0 Å². The van der Waals surface area contributed by atoms with Crippen LogP contribution in [0.3, 0.4) is 0 Å². The minimum atomic E-state index is -3.51. The van der Waals surface area contributed by atoms with Gasteiger partial charge in [-0.1, -0.05) is 30.3 Å². The number of carbonyl (C=O) groups is 2. The van der Waals surface area contributed by atoms with E-state index in [0.29, 0.717) is 38.5 Å². The first kappa shape index (κ1) is 31.1. The zero-order valence-corrected chi connectivity index (χ0v) is 24.9. The number of nitrogens with zero attached hydrogens (tertiary/aromatic N) is 3. The maximum Gasteiger partial charge on any atom is 0.252 e. The van der Waals surface area contributed by atoms with Crippen LogP contribution in [0.4, 0.5) is 5.69 Å². The van der Waals surface area contributed by atoms with E-state index in [1.807, 2.05) is 29.2 Å². The van der Waals surface area contributed by atoms with Crippen LogP contribution in [0.5, 0.6) is 0 Å². The van der Waals surface area contributed by atoms with Crippen LogP contribution in [0.25, 0.3) is 0 Å². The van der Waals surface area contributed by atoms with E-state index in [4.69, 9.17) is 9.47 Å². The van der Waals surface area contributed by atoms with Crippen LogP contribution in [0, 0.1) is 0 Å². The number of benzene rings is 2. The molecule has 1 N–H and O–H groups in total. The van der Waals surface area contributed by atoms with E-state index in [-0.39, 0.29) is 23.3 Å². The highest BCUT2D eigenvalue weighted by molar-refractivity contribution is 7.89. The van der Waals surface area contributed by atoms with Gasteiger partial charge in [-0.2, -0.15) is 0 Å². The van der Waals surface area contributed by atoms with Gasteiger partial charge >= 0.3 is 0 Å². The van der Waals surface area contributed by atoms with E-state index in [2.05, 4.69) is 9.62 Å². The van der Waals surface area contributed by atoms with Gasteiger partial charge in [0, 0.05) is 71.2 Å². The van der Waals surface area contributed by atoms with Gasteiger partial charge in [-0.25, -0.2) is 13.1 Å². The SMILES string of the molecule is CNS(=O)(=O)c1ccc(CCC(=O)N2CCN(C3CCOCC3)CCCN(C(=O)COC)c3ccccc3C2)cc1. The summed E-state index contributed by atoms with van der Waals surface area (Å²) in [6.45, 7) is 4.60. The number of fused-ring (bicyclic) bond motifs is 1. The minimum absolute atomic E-state index is 0.00489. The van der Waals surface area contributed by atoms with E-state index in [1.165, 1.54) is 14.2 Å². The number of carbonyl (C=O) groups excluding carboxylic acids is 2. The summed E-state index contributed by atoms with van der Waals surface area (Å²) in [6, 6.07) is 14.8. The molecule has 224 valence electrons. The van der Waals surface area contributed by atoms with Gasteiger partial charge in [-0.05, 0) is 62.1 Å². The molecule has 0 saturated carbocycles. The molecule has 2 aliphatic rings. The second-order valence-corrected chi connectivity index (χ2v) is 12.4. The topological polar surface area (TPSA) is 108 Å². The second-order valence-electron chi connectivity index (χ2n) is 10.5. The summed E-state index contributed by atoms with van der Waals surface area (Å²) in [5.41, 5.74) is 2.63. The summed E-state index contributed by atoms with van der Waals surface area (Å²) in [7, 11) is -0.606. The molecule has 2 aliphatic heterocycles. The van der Waals surface area contributed by atoms with Crippen molar-refractivity contribution in [2.24, 2.45) is 0 Å². The molecule has 2 aromatic carbocycles. The first-order valence-corrected chi connectivity index (χ1v) is 15.8. The van der Waals surface area contributed by atoms with E-state index in [1.54, 1.807) is 29.2 Å². The average molecular weight is 587 g/mol. The number of nitrogens with one attached hydrogen (secondary N) is 1. The van der Waals surface area contributed by atoms with Gasteiger partial charge in [0.15, 0.2) is 0 Å². The molecule has 10 nitrogen and oxygen atoms in total. The second kappa shape index (κ2) is 14.9. The van der Waals surface area contributed by atoms with Crippen molar-refractivity contribution in [2.45, 2.75) is 49.6 Å². The molecular formula is C30H42N4O6S. The predicted molar refractivity (Wildman–Crippen MR) is 157 cm³/mol. The first-order valence-electron chi connectivity index (χ1n) is 14.3. The number of hydrogen-bond donors (Lipinski definition) is 1. The first-order chi connectivity index (χ1) is 19.8. The van der Waals surface area contributed by atoms with Crippen LogP contribution in [0.2, 0.25) is 0 Å². The predicted octanol–water partition coefficient (Wildman–Crippen LogP) is 2.42. The zero-order valence-electron chi connectivity index (χ0n) is 24.1. The highest BCUT2D eigenvalue weighted by atomic mass is 32.2. The zero-order chi connectivity index (χ0) is 29.2. The number of aryl methyl sites for hydroxylation is 1. The summed E-state index contributed by atoms with van der Waals surface area (Å²) in [6.07, 6.45) is 3.52. The average Bonchev–Trinajstić information content (AvgIpc) is 3.03. The molecule has 0 unspecified atom stereocenters. The largest absolute Gasteiger partial charge is 0.381 e. The molecule has 0 aliphatic carbocycles. The van der Waals surface area contributed by atoms with E-state index < -0.39 is 10.0 Å². The van der Waals surface area contributed by atoms with Crippen LogP contribution >= 0.6 is 0 Å². The van der Waals surface area contributed by atoms with E-state index in [9.17, 15) is 18.0 Å². The fraction of sp³-hybridized carbons (Fsp3) is 0.533. The molecule has 2 aromatic rings. The van der Waals surface area contributed by atoms with Crippen molar-refractivity contribution in [3.8, 4) is 0 Å². The van der Waals surface area contributed by atoms with Crippen LogP contribution in [-0.4, -0.2) is 96.2 Å². The van der Waals surface area contributed by atoms with Crippen molar-refractivity contribution in [1.82, 2.24) is 14.5 Å². The summed E-state index contributed by atoms with van der Waals surface area (Å²) in [4.78, 5) is 33.2. The van der Waals surface area contributed by atoms with Gasteiger partial charge in [0.25, 0.3) is 5.91 Å². The quantitative estimate of drug-likeness (QED) is 0.506. The van der Waals surface area contributed by atoms with Crippen LogP contribution in [-0.2, 0) is 42.1 Å². The van der Waals surface area contributed by atoms with Crippen LogP contribution in [0.1, 0.15) is 36.8 Å². The van der Waals surface area contributed by atoms with Crippen LogP contribution in [0.15, 0.2) is 53.4 Å². The number of hydrogen-bond acceptors (Lipinski definition) is 7. The third-order valence-electron chi connectivity index (χ3n) is 7.89. The molecule has 0 atom stereocenters. The monoisotopic (exact) mass is 586 g/mol. The molecule has 11 heteroatoms. The molecule has 0 spiro atoms. The summed E-state index contributed by atoms with van der Waals surface area (Å²) < 4.78 is 37.2. The van der Waals surface area contributed by atoms with Crippen molar-refractivity contribution < 1.29 is 27.5 Å². The highest BCUT2D eigenvalue weighted by Crippen LogP contribution is 2.25. The molecule has 4 rings (SSSR count). The van der Waals surface area contributed by atoms with E-state index >= 15 is 0 Å². The number of para-hydroxylation sites is 1. The number of ether oxygens (including phenoxy) is 2. The maximum absolute atomic E-state index is 13.7.